The summed E-state index contributed by atoms with van der Waals surface area (Å²) in [6.45, 7) is 2.26. The maximum atomic E-state index is 9.09. The molecule has 0 saturated carbocycles. The van der Waals surface area contributed by atoms with Crippen LogP contribution in [0, 0.1) is 0 Å². The Labute approximate surface area is 107 Å². The molecule has 0 aliphatic carbocycles. The van der Waals surface area contributed by atoms with Crippen molar-refractivity contribution in [3.63, 3.8) is 0 Å². The predicted molar refractivity (Wildman–Crippen MR) is 72.3 cm³/mol. The van der Waals surface area contributed by atoms with Gasteiger partial charge < -0.3 is 5.11 Å². The van der Waals surface area contributed by atoms with Gasteiger partial charge in [-0.1, -0.05) is 43.0 Å². The number of rotatable bonds is 4. The number of aryl methyl sites for hydroxylation is 1. The summed E-state index contributed by atoms with van der Waals surface area (Å²) in [5, 5.41) is 9.09. The molecule has 0 amide bonds. The van der Waals surface area contributed by atoms with E-state index in [0.29, 0.717) is 0 Å². The van der Waals surface area contributed by atoms with E-state index in [0.717, 1.165) is 12.0 Å². The lowest BCUT2D eigenvalue weighted by Crippen LogP contribution is -1.83. The molecule has 0 radical (unpaired) electrons. The predicted octanol–water partition coefficient (Wildman–Crippen LogP) is 3.89. The largest absolute Gasteiger partial charge is 0.392 e. The smallest absolute Gasteiger partial charge is 0.0682 e. The maximum absolute atomic E-state index is 9.09. The Morgan fingerprint density at radius 3 is 2.35 bits per heavy atom. The van der Waals surface area contributed by atoms with Crippen molar-refractivity contribution in [3.8, 4) is 0 Å². The Balaban J connectivity index is 2.13. The number of aliphatic hydroxyl groups excluding tert-OH is 1. The molecular weight excluding hydrogens is 228 g/mol. The molecule has 17 heavy (non-hydrogen) atoms. The zero-order valence-electron chi connectivity index (χ0n) is 9.89. The summed E-state index contributed by atoms with van der Waals surface area (Å²) in [5.74, 6) is 0. The molecule has 0 atom stereocenters. The van der Waals surface area contributed by atoms with Crippen LogP contribution in [0.4, 0.5) is 0 Å². The van der Waals surface area contributed by atoms with E-state index in [1.165, 1.54) is 15.4 Å². The molecule has 0 aromatic heterocycles. The van der Waals surface area contributed by atoms with Gasteiger partial charge >= 0.3 is 0 Å². The quantitative estimate of drug-likeness (QED) is 0.880. The first kappa shape index (κ1) is 12.2. The summed E-state index contributed by atoms with van der Waals surface area (Å²) in [4.78, 5) is 2.40. The summed E-state index contributed by atoms with van der Waals surface area (Å²) in [6.07, 6.45) is 1.07. The van der Waals surface area contributed by atoms with E-state index < -0.39 is 0 Å². The van der Waals surface area contributed by atoms with Crippen LogP contribution in [0.25, 0.3) is 0 Å². The van der Waals surface area contributed by atoms with Crippen LogP contribution in [-0.2, 0) is 13.0 Å². The van der Waals surface area contributed by atoms with Crippen molar-refractivity contribution in [3.05, 3.63) is 59.7 Å². The van der Waals surface area contributed by atoms with Crippen molar-refractivity contribution >= 4 is 11.8 Å². The van der Waals surface area contributed by atoms with Crippen LogP contribution in [0.15, 0.2) is 58.3 Å². The van der Waals surface area contributed by atoms with Crippen molar-refractivity contribution in [2.75, 3.05) is 0 Å². The molecule has 0 unspecified atom stereocenters. The molecule has 2 heteroatoms. The highest BCUT2D eigenvalue weighted by Crippen LogP contribution is 2.28. The van der Waals surface area contributed by atoms with E-state index in [4.69, 9.17) is 5.11 Å². The zero-order chi connectivity index (χ0) is 12.1. The van der Waals surface area contributed by atoms with Crippen LogP contribution in [-0.4, -0.2) is 5.11 Å². The lowest BCUT2D eigenvalue weighted by Gasteiger charge is -2.04. The standard InChI is InChI=1S/C15H16OS/c1-2-12-6-8-14(9-7-12)17-15-5-3-4-13(10-15)11-16/h3-10,16H,2,11H2,1H3. The van der Waals surface area contributed by atoms with Gasteiger partial charge in [0.2, 0.25) is 0 Å². The molecule has 0 aliphatic heterocycles. The van der Waals surface area contributed by atoms with Gasteiger partial charge in [0.25, 0.3) is 0 Å². The van der Waals surface area contributed by atoms with Crippen molar-refractivity contribution < 1.29 is 5.11 Å². The van der Waals surface area contributed by atoms with Gasteiger partial charge in [0, 0.05) is 9.79 Å². The third-order valence-corrected chi connectivity index (χ3v) is 3.65. The van der Waals surface area contributed by atoms with Crippen LogP contribution in [0.3, 0.4) is 0 Å². The van der Waals surface area contributed by atoms with Crippen LogP contribution in [0.1, 0.15) is 18.1 Å². The number of benzene rings is 2. The lowest BCUT2D eigenvalue weighted by atomic mass is 10.2. The molecule has 0 aliphatic rings. The van der Waals surface area contributed by atoms with Crippen molar-refractivity contribution in [1.82, 2.24) is 0 Å². The first-order valence-corrected chi connectivity index (χ1v) is 6.60. The van der Waals surface area contributed by atoms with Gasteiger partial charge in [0.1, 0.15) is 0 Å². The highest BCUT2D eigenvalue weighted by atomic mass is 32.2. The zero-order valence-corrected chi connectivity index (χ0v) is 10.7. The van der Waals surface area contributed by atoms with E-state index in [2.05, 4.69) is 37.3 Å². The second kappa shape index (κ2) is 5.89. The Morgan fingerprint density at radius 1 is 0.941 bits per heavy atom. The van der Waals surface area contributed by atoms with Gasteiger partial charge in [-0.3, -0.25) is 0 Å². The minimum absolute atomic E-state index is 0.100. The fraction of sp³-hybridized carbons (Fsp3) is 0.200. The van der Waals surface area contributed by atoms with E-state index in [-0.39, 0.29) is 6.61 Å². The van der Waals surface area contributed by atoms with Crippen LogP contribution >= 0.6 is 11.8 Å². The van der Waals surface area contributed by atoms with Gasteiger partial charge in [0.15, 0.2) is 0 Å². The van der Waals surface area contributed by atoms with Gasteiger partial charge in [-0.15, -0.1) is 0 Å². The molecule has 0 bridgehead atoms. The average molecular weight is 244 g/mol. The molecule has 1 nitrogen and oxygen atoms in total. The van der Waals surface area contributed by atoms with Gasteiger partial charge in [-0.2, -0.15) is 0 Å². The second-order valence-corrected chi connectivity index (χ2v) is 5.05. The highest BCUT2D eigenvalue weighted by Gasteiger charge is 1.99. The van der Waals surface area contributed by atoms with Crippen LogP contribution in [0.2, 0.25) is 0 Å². The molecule has 2 aromatic rings. The van der Waals surface area contributed by atoms with E-state index >= 15 is 0 Å². The van der Waals surface area contributed by atoms with E-state index in [1.807, 2.05) is 18.2 Å². The van der Waals surface area contributed by atoms with Crippen molar-refractivity contribution in [2.24, 2.45) is 0 Å². The van der Waals surface area contributed by atoms with Crippen LogP contribution in [0.5, 0.6) is 0 Å². The molecule has 0 saturated heterocycles. The lowest BCUT2D eigenvalue weighted by molar-refractivity contribution is 0.281. The molecule has 2 rings (SSSR count). The summed E-state index contributed by atoms with van der Waals surface area (Å²) < 4.78 is 0. The fourth-order valence-electron chi connectivity index (χ4n) is 1.64. The minimum atomic E-state index is 0.100. The topological polar surface area (TPSA) is 20.2 Å². The van der Waals surface area contributed by atoms with Gasteiger partial charge in [0.05, 0.1) is 6.61 Å². The Bertz CT molecular complexity index is 477. The van der Waals surface area contributed by atoms with Crippen molar-refractivity contribution in [2.45, 2.75) is 29.7 Å². The van der Waals surface area contributed by atoms with E-state index in [1.54, 1.807) is 11.8 Å². The number of hydrogen-bond acceptors (Lipinski definition) is 2. The monoisotopic (exact) mass is 244 g/mol. The van der Waals surface area contributed by atoms with Crippen molar-refractivity contribution in [1.29, 1.82) is 0 Å². The highest BCUT2D eigenvalue weighted by molar-refractivity contribution is 7.99. The molecule has 0 spiro atoms. The minimum Gasteiger partial charge on any atom is -0.392 e. The normalized spacial score (nSPS) is 10.5. The number of aliphatic hydroxyl groups is 1. The summed E-state index contributed by atoms with van der Waals surface area (Å²) in [5.41, 5.74) is 2.32. The fourth-order valence-corrected chi connectivity index (χ4v) is 2.54. The number of hydrogen-bond donors (Lipinski definition) is 1. The van der Waals surface area contributed by atoms with Gasteiger partial charge in [-0.25, -0.2) is 0 Å². The molecule has 1 N–H and O–H groups in total. The first-order valence-electron chi connectivity index (χ1n) is 5.78. The Hall–Kier alpha value is -1.25. The molecule has 88 valence electrons. The van der Waals surface area contributed by atoms with Gasteiger partial charge in [-0.05, 0) is 41.8 Å². The Kier molecular flexibility index (Phi) is 4.24. The molecule has 2 aromatic carbocycles. The third kappa shape index (κ3) is 3.35. The van der Waals surface area contributed by atoms with Crippen LogP contribution < -0.4 is 0 Å². The third-order valence-electron chi connectivity index (χ3n) is 2.65. The average Bonchev–Trinajstić information content (AvgIpc) is 2.40. The summed E-state index contributed by atoms with van der Waals surface area (Å²) in [7, 11) is 0. The first-order chi connectivity index (χ1) is 8.31. The second-order valence-electron chi connectivity index (χ2n) is 3.91. The van der Waals surface area contributed by atoms with E-state index in [9.17, 15) is 0 Å². The summed E-state index contributed by atoms with van der Waals surface area (Å²) in [6, 6.07) is 16.6. The molecule has 0 fully saturated rings. The molecular formula is C15H16OS. The SMILES string of the molecule is CCc1ccc(Sc2cccc(CO)c2)cc1. The Morgan fingerprint density at radius 2 is 1.71 bits per heavy atom. The maximum Gasteiger partial charge on any atom is 0.0682 e. The molecule has 0 heterocycles. The summed E-state index contributed by atoms with van der Waals surface area (Å²) >= 11 is 1.73.